The van der Waals surface area contributed by atoms with Gasteiger partial charge in [0.2, 0.25) is 6.54 Å². The summed E-state index contributed by atoms with van der Waals surface area (Å²) in [5.41, 5.74) is 0. The molecule has 8 heteroatoms. The quantitative estimate of drug-likeness (QED) is 0.409. The van der Waals surface area contributed by atoms with Gasteiger partial charge in [0.1, 0.15) is 5.78 Å². The van der Waals surface area contributed by atoms with Crippen LogP contribution in [0.25, 0.3) is 0 Å². The fourth-order valence-electron chi connectivity index (χ4n) is 2.33. The second kappa shape index (κ2) is 5.56. The molecule has 0 spiro atoms. The molecule has 1 saturated carbocycles. The molecule has 3 atom stereocenters. The zero-order valence-electron chi connectivity index (χ0n) is 9.70. The van der Waals surface area contributed by atoms with Crippen LogP contribution in [0.1, 0.15) is 12.8 Å². The summed E-state index contributed by atoms with van der Waals surface area (Å²) < 4.78 is 4.49. The number of hydrogen-bond donors (Lipinski definition) is 1. The molecular weight excluding hydrogens is 246 g/mol. The first-order chi connectivity index (χ1) is 8.36. The molecule has 0 heterocycles. The number of ether oxygens (including phenoxy) is 1. The minimum Gasteiger partial charge on any atom is -0.481 e. The summed E-state index contributed by atoms with van der Waals surface area (Å²) in [6, 6.07) is 0. The molecule has 100 valence electrons. The molecule has 0 bridgehead atoms. The van der Waals surface area contributed by atoms with Crippen molar-refractivity contribution in [2.75, 3.05) is 13.7 Å². The maximum atomic E-state index is 11.6. The van der Waals surface area contributed by atoms with Crippen molar-refractivity contribution in [3.8, 4) is 0 Å². The molecule has 0 aliphatic heterocycles. The van der Waals surface area contributed by atoms with E-state index in [1.54, 1.807) is 0 Å². The van der Waals surface area contributed by atoms with E-state index in [0.29, 0.717) is 0 Å². The maximum Gasteiger partial charge on any atom is 0.309 e. The molecular formula is C10H13NO7. The van der Waals surface area contributed by atoms with E-state index >= 15 is 0 Å². The van der Waals surface area contributed by atoms with Crippen LogP contribution in [0.2, 0.25) is 0 Å². The third-order valence-corrected chi connectivity index (χ3v) is 3.13. The van der Waals surface area contributed by atoms with Gasteiger partial charge >= 0.3 is 11.9 Å². The van der Waals surface area contributed by atoms with Crippen LogP contribution < -0.4 is 0 Å². The SMILES string of the molecule is COC(=O)[C@H]1CC(=O)[C@H](CC(=O)O)[C@H]1C[N+](=O)[O-]. The lowest BCUT2D eigenvalue weighted by Gasteiger charge is -2.17. The predicted octanol–water partition coefficient (Wildman–Crippen LogP) is -0.268. The zero-order valence-corrected chi connectivity index (χ0v) is 9.70. The van der Waals surface area contributed by atoms with Crippen LogP contribution in [-0.2, 0) is 19.1 Å². The summed E-state index contributed by atoms with van der Waals surface area (Å²) in [6.07, 6.45) is -0.687. The van der Waals surface area contributed by atoms with Crippen molar-refractivity contribution in [3.63, 3.8) is 0 Å². The van der Waals surface area contributed by atoms with Gasteiger partial charge < -0.3 is 9.84 Å². The van der Waals surface area contributed by atoms with Gasteiger partial charge in [0.05, 0.1) is 19.4 Å². The van der Waals surface area contributed by atoms with Gasteiger partial charge in [-0.2, -0.15) is 0 Å². The number of esters is 1. The molecule has 0 unspecified atom stereocenters. The number of hydrogen-bond acceptors (Lipinski definition) is 6. The number of ketones is 1. The van der Waals surface area contributed by atoms with Crippen molar-refractivity contribution in [2.24, 2.45) is 17.8 Å². The van der Waals surface area contributed by atoms with Crippen LogP contribution >= 0.6 is 0 Å². The normalized spacial score (nSPS) is 26.9. The Hall–Kier alpha value is -1.99. The van der Waals surface area contributed by atoms with Crippen LogP contribution in [0.4, 0.5) is 0 Å². The Kier molecular flexibility index (Phi) is 4.35. The van der Waals surface area contributed by atoms with E-state index in [2.05, 4.69) is 4.74 Å². The minimum atomic E-state index is -1.22. The lowest BCUT2D eigenvalue weighted by atomic mass is 9.87. The molecule has 8 nitrogen and oxygen atoms in total. The molecule has 0 aromatic heterocycles. The number of carboxylic acids is 1. The van der Waals surface area contributed by atoms with Gasteiger partial charge in [0, 0.05) is 23.2 Å². The molecule has 1 fully saturated rings. The Balaban J connectivity index is 2.94. The number of carbonyl (C=O) groups excluding carboxylic acids is 2. The number of rotatable bonds is 5. The van der Waals surface area contributed by atoms with Crippen molar-refractivity contribution < 1.29 is 29.2 Å². The van der Waals surface area contributed by atoms with Crippen LogP contribution in [0.15, 0.2) is 0 Å². The number of methoxy groups -OCH3 is 1. The average Bonchev–Trinajstić information content (AvgIpc) is 2.55. The minimum absolute atomic E-state index is 0.191. The number of aliphatic carboxylic acids is 1. The molecule has 1 aliphatic rings. The molecule has 18 heavy (non-hydrogen) atoms. The van der Waals surface area contributed by atoms with E-state index < -0.39 is 53.4 Å². The van der Waals surface area contributed by atoms with Crippen LogP contribution in [-0.4, -0.2) is 41.4 Å². The Bertz CT molecular complexity index is 392. The van der Waals surface area contributed by atoms with Crippen LogP contribution in [0, 0.1) is 27.9 Å². The average molecular weight is 259 g/mol. The van der Waals surface area contributed by atoms with Gasteiger partial charge in [0.25, 0.3) is 0 Å². The van der Waals surface area contributed by atoms with Gasteiger partial charge in [0.15, 0.2) is 0 Å². The monoisotopic (exact) mass is 259 g/mol. The lowest BCUT2D eigenvalue weighted by molar-refractivity contribution is -0.490. The fraction of sp³-hybridized carbons (Fsp3) is 0.700. The van der Waals surface area contributed by atoms with E-state index in [1.165, 1.54) is 0 Å². The first kappa shape index (κ1) is 14.1. The maximum absolute atomic E-state index is 11.6. The summed E-state index contributed by atoms with van der Waals surface area (Å²) in [6.45, 7) is -0.608. The molecule has 0 aromatic carbocycles. The molecule has 0 amide bonds. The van der Waals surface area contributed by atoms with Gasteiger partial charge in [-0.1, -0.05) is 0 Å². The molecule has 1 aliphatic carbocycles. The van der Waals surface area contributed by atoms with E-state index in [1.807, 2.05) is 0 Å². The number of nitrogens with zero attached hydrogens (tertiary/aromatic N) is 1. The van der Waals surface area contributed by atoms with Crippen molar-refractivity contribution in [1.29, 1.82) is 0 Å². The highest BCUT2D eigenvalue weighted by atomic mass is 16.6. The largest absolute Gasteiger partial charge is 0.481 e. The van der Waals surface area contributed by atoms with Crippen molar-refractivity contribution in [2.45, 2.75) is 12.8 Å². The third-order valence-electron chi connectivity index (χ3n) is 3.13. The fourth-order valence-corrected chi connectivity index (χ4v) is 2.33. The topological polar surface area (TPSA) is 124 Å². The number of carboxylic acid groups (broad SMARTS) is 1. The summed E-state index contributed by atoms with van der Waals surface area (Å²) in [5, 5.41) is 19.2. The lowest BCUT2D eigenvalue weighted by Crippen LogP contribution is -2.31. The highest BCUT2D eigenvalue weighted by Gasteiger charge is 2.49. The number of carbonyl (C=O) groups is 3. The van der Waals surface area contributed by atoms with E-state index in [-0.39, 0.29) is 6.42 Å². The second-order valence-corrected chi connectivity index (χ2v) is 4.18. The zero-order chi connectivity index (χ0) is 13.9. The van der Waals surface area contributed by atoms with E-state index in [9.17, 15) is 24.5 Å². The van der Waals surface area contributed by atoms with Crippen LogP contribution in [0.3, 0.4) is 0 Å². The molecule has 0 aromatic rings. The standard InChI is InChI=1S/C10H13NO7/c1-18-10(15)6-2-8(12)5(3-9(13)14)7(6)4-11(16)17/h5-7H,2-4H2,1H3,(H,13,14)/t5-,6+,7-/m1/s1. The van der Waals surface area contributed by atoms with Gasteiger partial charge in [-0.05, 0) is 0 Å². The first-order valence-corrected chi connectivity index (χ1v) is 5.31. The molecule has 1 rings (SSSR count). The van der Waals surface area contributed by atoms with E-state index in [4.69, 9.17) is 5.11 Å². The number of nitro groups is 1. The number of Topliss-reactive ketones (excluding diaryl/α,β-unsaturated/α-hetero) is 1. The third kappa shape index (κ3) is 3.02. The summed E-state index contributed by atoms with van der Waals surface area (Å²) >= 11 is 0. The Morgan fingerprint density at radius 2 is 2.17 bits per heavy atom. The first-order valence-electron chi connectivity index (χ1n) is 5.31. The van der Waals surface area contributed by atoms with Crippen LogP contribution in [0.5, 0.6) is 0 Å². The van der Waals surface area contributed by atoms with Gasteiger partial charge in [-0.25, -0.2) is 0 Å². The predicted molar refractivity (Wildman–Crippen MR) is 56.2 cm³/mol. The molecule has 0 saturated heterocycles. The summed E-state index contributed by atoms with van der Waals surface area (Å²) in [4.78, 5) is 43.6. The Morgan fingerprint density at radius 3 is 2.61 bits per heavy atom. The smallest absolute Gasteiger partial charge is 0.309 e. The highest BCUT2D eigenvalue weighted by molar-refractivity contribution is 5.92. The molecule has 1 N–H and O–H groups in total. The Labute approximate surface area is 102 Å². The van der Waals surface area contributed by atoms with E-state index in [0.717, 1.165) is 7.11 Å². The van der Waals surface area contributed by atoms with Crippen molar-refractivity contribution in [3.05, 3.63) is 10.1 Å². The highest BCUT2D eigenvalue weighted by Crippen LogP contribution is 2.37. The summed E-state index contributed by atoms with van der Waals surface area (Å²) in [5.74, 6) is -5.17. The van der Waals surface area contributed by atoms with Crippen molar-refractivity contribution in [1.82, 2.24) is 0 Å². The van der Waals surface area contributed by atoms with Gasteiger partial charge in [-0.15, -0.1) is 0 Å². The van der Waals surface area contributed by atoms with Crippen molar-refractivity contribution >= 4 is 17.7 Å². The summed E-state index contributed by atoms with van der Waals surface area (Å²) in [7, 11) is 1.13. The second-order valence-electron chi connectivity index (χ2n) is 4.18. The Morgan fingerprint density at radius 1 is 1.56 bits per heavy atom. The van der Waals surface area contributed by atoms with Gasteiger partial charge in [-0.3, -0.25) is 24.5 Å². The molecule has 0 radical (unpaired) electrons.